The van der Waals surface area contributed by atoms with Gasteiger partial charge in [0.1, 0.15) is 11.2 Å². The highest BCUT2D eigenvalue weighted by atomic mass is 16.3. The lowest BCUT2D eigenvalue weighted by Gasteiger charge is -2.28. The number of hydrogen-bond donors (Lipinski definition) is 0. The van der Waals surface area contributed by atoms with Gasteiger partial charge >= 0.3 is 0 Å². The number of anilines is 3. The number of furan rings is 1. The van der Waals surface area contributed by atoms with Crippen LogP contribution < -0.4 is 4.90 Å². The fraction of sp³-hybridized carbons (Fsp3) is 0.0517. The molecule has 0 saturated heterocycles. The van der Waals surface area contributed by atoms with Crippen molar-refractivity contribution in [3.63, 3.8) is 0 Å². The van der Waals surface area contributed by atoms with Crippen LogP contribution in [0.1, 0.15) is 25.0 Å². The summed E-state index contributed by atoms with van der Waals surface area (Å²) in [6, 6.07) is 72.2. The molecule has 3 aromatic heterocycles. The van der Waals surface area contributed by atoms with Crippen LogP contribution in [0.5, 0.6) is 0 Å². The minimum Gasteiger partial charge on any atom is -0.456 e. The molecule has 0 saturated carbocycles. The van der Waals surface area contributed by atoms with Gasteiger partial charge in [-0.2, -0.15) is 0 Å². The van der Waals surface area contributed by atoms with Crippen LogP contribution in [-0.4, -0.2) is 9.55 Å². The highest BCUT2D eigenvalue weighted by Crippen LogP contribution is 2.51. The average molecular weight is 794 g/mol. The fourth-order valence-electron chi connectivity index (χ4n) is 10.5. The minimum absolute atomic E-state index is 0.137. The van der Waals surface area contributed by atoms with Crippen molar-refractivity contribution >= 4 is 82.5 Å². The lowest BCUT2D eigenvalue weighted by atomic mass is 9.82. The van der Waals surface area contributed by atoms with Gasteiger partial charge in [0.15, 0.2) is 0 Å². The topological polar surface area (TPSA) is 34.2 Å². The molecule has 0 radical (unpaired) electrons. The van der Waals surface area contributed by atoms with Crippen LogP contribution in [-0.2, 0) is 5.41 Å². The van der Waals surface area contributed by atoms with Gasteiger partial charge in [-0.15, -0.1) is 0 Å². The van der Waals surface area contributed by atoms with Crippen molar-refractivity contribution in [2.24, 2.45) is 0 Å². The lowest BCUT2D eigenvalue weighted by Crippen LogP contribution is -2.16. The second kappa shape index (κ2) is 13.0. The van der Waals surface area contributed by atoms with E-state index in [0.29, 0.717) is 0 Å². The van der Waals surface area contributed by atoms with Crippen LogP contribution in [0.3, 0.4) is 0 Å². The van der Waals surface area contributed by atoms with E-state index in [1.54, 1.807) is 0 Å². The summed E-state index contributed by atoms with van der Waals surface area (Å²) >= 11 is 0. The standard InChI is InChI=1S/C58H39N3O/c1-58(2)48-20-10-6-16-41(48)42-30-28-39(34-49(42)58)60(40-29-31-44-43-17-9-13-23-53(43)62-54(44)35-40)38-26-24-36(25-27-38)57-47-32-33-52-56(55(47)45-18-7-11-21-50(45)59-57)46-19-8-12-22-51(46)61(52)37-14-4-3-5-15-37/h3-35H,1-2H3. The zero-order valence-electron chi connectivity index (χ0n) is 34.3. The highest BCUT2D eigenvalue weighted by molar-refractivity contribution is 6.29. The summed E-state index contributed by atoms with van der Waals surface area (Å²) < 4.78 is 8.86. The third kappa shape index (κ3) is 4.98. The van der Waals surface area contributed by atoms with Gasteiger partial charge in [-0.3, -0.25) is 0 Å². The molecule has 9 aromatic carbocycles. The Bertz CT molecular complexity index is 3780. The smallest absolute Gasteiger partial charge is 0.137 e. The van der Waals surface area contributed by atoms with E-state index in [1.807, 2.05) is 12.1 Å². The second-order valence-electron chi connectivity index (χ2n) is 17.1. The van der Waals surface area contributed by atoms with Gasteiger partial charge in [-0.05, 0) is 95.1 Å². The number of para-hydroxylation sites is 4. The van der Waals surface area contributed by atoms with Crippen molar-refractivity contribution in [1.82, 2.24) is 9.55 Å². The van der Waals surface area contributed by atoms with E-state index >= 15 is 0 Å². The molecule has 1 aliphatic carbocycles. The van der Waals surface area contributed by atoms with E-state index in [2.05, 4.69) is 211 Å². The summed E-state index contributed by atoms with van der Waals surface area (Å²) in [7, 11) is 0. The van der Waals surface area contributed by atoms with Crippen molar-refractivity contribution in [3.8, 4) is 28.1 Å². The molecule has 13 rings (SSSR count). The summed E-state index contributed by atoms with van der Waals surface area (Å²) in [6.07, 6.45) is 0. The molecule has 1 aliphatic rings. The first-order valence-corrected chi connectivity index (χ1v) is 21.4. The molecule has 4 heteroatoms. The summed E-state index contributed by atoms with van der Waals surface area (Å²) in [5, 5.41) is 8.21. The van der Waals surface area contributed by atoms with Crippen molar-refractivity contribution in [2.75, 3.05) is 4.90 Å². The first-order chi connectivity index (χ1) is 30.5. The average Bonchev–Trinajstić information content (AvgIpc) is 3.94. The minimum atomic E-state index is -0.137. The lowest BCUT2D eigenvalue weighted by molar-refractivity contribution is 0.660. The van der Waals surface area contributed by atoms with E-state index in [1.165, 1.54) is 49.4 Å². The van der Waals surface area contributed by atoms with Crippen LogP contribution in [0, 0.1) is 0 Å². The molecule has 4 nitrogen and oxygen atoms in total. The molecule has 0 fully saturated rings. The maximum absolute atomic E-state index is 6.46. The second-order valence-corrected chi connectivity index (χ2v) is 17.1. The Kier molecular flexibility index (Phi) is 7.32. The monoisotopic (exact) mass is 793 g/mol. The van der Waals surface area contributed by atoms with E-state index in [9.17, 15) is 0 Å². The molecule has 12 aromatic rings. The number of benzene rings is 9. The largest absolute Gasteiger partial charge is 0.456 e. The van der Waals surface area contributed by atoms with E-state index in [0.717, 1.165) is 72.2 Å². The van der Waals surface area contributed by atoms with Gasteiger partial charge in [-0.1, -0.05) is 135 Å². The molecule has 0 atom stereocenters. The van der Waals surface area contributed by atoms with Gasteiger partial charge in [-0.25, -0.2) is 4.98 Å². The van der Waals surface area contributed by atoms with Gasteiger partial charge in [0.05, 0.1) is 22.2 Å². The van der Waals surface area contributed by atoms with Crippen molar-refractivity contribution < 1.29 is 4.42 Å². The maximum atomic E-state index is 6.46. The van der Waals surface area contributed by atoms with Gasteiger partial charge in [0, 0.05) is 77.5 Å². The zero-order chi connectivity index (χ0) is 41.1. The number of aromatic nitrogens is 2. The third-order valence-corrected chi connectivity index (χ3v) is 13.4. The molecule has 292 valence electrons. The Hall–Kier alpha value is -7.95. The van der Waals surface area contributed by atoms with Gasteiger partial charge in [0.25, 0.3) is 0 Å². The maximum Gasteiger partial charge on any atom is 0.137 e. The Labute approximate surface area is 358 Å². The predicted octanol–water partition coefficient (Wildman–Crippen LogP) is 15.8. The first-order valence-electron chi connectivity index (χ1n) is 21.4. The molecule has 0 spiro atoms. The van der Waals surface area contributed by atoms with Crippen LogP contribution in [0.15, 0.2) is 205 Å². The quantitative estimate of drug-likeness (QED) is 0.163. The van der Waals surface area contributed by atoms with E-state index < -0.39 is 0 Å². The summed E-state index contributed by atoms with van der Waals surface area (Å²) in [4.78, 5) is 7.78. The highest BCUT2D eigenvalue weighted by Gasteiger charge is 2.36. The van der Waals surface area contributed by atoms with Crippen LogP contribution in [0.2, 0.25) is 0 Å². The molecular formula is C58H39N3O. The van der Waals surface area contributed by atoms with Gasteiger partial charge in [0.2, 0.25) is 0 Å². The molecule has 0 aliphatic heterocycles. The van der Waals surface area contributed by atoms with Crippen molar-refractivity contribution in [3.05, 3.63) is 211 Å². The number of rotatable bonds is 5. The summed E-state index contributed by atoms with van der Waals surface area (Å²) in [5.74, 6) is 0. The zero-order valence-corrected chi connectivity index (χ0v) is 34.3. The van der Waals surface area contributed by atoms with Crippen molar-refractivity contribution in [1.29, 1.82) is 0 Å². The van der Waals surface area contributed by atoms with Crippen LogP contribution >= 0.6 is 0 Å². The number of pyridine rings is 1. The molecule has 0 unspecified atom stereocenters. The molecule has 0 amide bonds. The fourth-order valence-corrected chi connectivity index (χ4v) is 10.5. The van der Waals surface area contributed by atoms with Crippen molar-refractivity contribution in [2.45, 2.75) is 19.3 Å². The molecule has 0 N–H and O–H groups in total. The Morgan fingerprint density at radius 3 is 1.97 bits per heavy atom. The normalized spacial score (nSPS) is 13.1. The molecule has 3 heterocycles. The number of hydrogen-bond acceptors (Lipinski definition) is 3. The molecule has 0 bridgehead atoms. The number of fused-ring (bicyclic) bond motifs is 13. The van der Waals surface area contributed by atoms with E-state index in [4.69, 9.17) is 9.40 Å². The number of nitrogens with zero attached hydrogens (tertiary/aromatic N) is 3. The third-order valence-electron chi connectivity index (χ3n) is 13.4. The van der Waals surface area contributed by atoms with Crippen LogP contribution in [0.4, 0.5) is 17.1 Å². The summed E-state index contributed by atoms with van der Waals surface area (Å²) in [6.45, 7) is 4.68. The summed E-state index contributed by atoms with van der Waals surface area (Å²) in [5.41, 5.74) is 16.6. The SMILES string of the molecule is CC1(C)c2ccccc2-c2ccc(N(c3ccc(-c4nc5ccccc5c5c4ccc4c5c5ccccc5n4-c4ccccc4)cc3)c3ccc4c(c3)oc3ccccc34)cc21. The Balaban J connectivity index is 1.00. The van der Waals surface area contributed by atoms with Crippen LogP contribution in [0.25, 0.3) is 93.5 Å². The Morgan fingerprint density at radius 1 is 0.452 bits per heavy atom. The molecule has 62 heavy (non-hydrogen) atoms. The Morgan fingerprint density at radius 2 is 1.10 bits per heavy atom. The molecular weight excluding hydrogens is 755 g/mol. The van der Waals surface area contributed by atoms with Gasteiger partial charge < -0.3 is 13.9 Å². The van der Waals surface area contributed by atoms with E-state index in [-0.39, 0.29) is 5.41 Å². The predicted molar refractivity (Wildman–Crippen MR) is 259 cm³/mol. The first kappa shape index (κ1) is 34.9.